The molecule has 1 N–H and O–H groups in total. The van der Waals surface area contributed by atoms with E-state index in [0.717, 1.165) is 17.0 Å². The summed E-state index contributed by atoms with van der Waals surface area (Å²) in [6, 6.07) is 2.88. The third-order valence-corrected chi connectivity index (χ3v) is 6.93. The number of nitrogens with one attached hydrogen (secondary N) is 1. The maximum atomic E-state index is 15.2. The molecule has 0 saturated carbocycles. The maximum absolute atomic E-state index is 15.2. The number of anilines is 2. The van der Waals surface area contributed by atoms with Crippen molar-refractivity contribution in [2.75, 3.05) is 55.7 Å². The van der Waals surface area contributed by atoms with Crippen LogP contribution in [0.3, 0.4) is 0 Å². The van der Waals surface area contributed by atoms with Crippen LogP contribution in [-0.2, 0) is 19.0 Å². The SMILES string of the molecule is CCOC(=O)OCC1CN(c2cc(F)c(N3CCN(C(=O)C(C)NC(=O)c4cn5cccnc5n4)CC3)c(F)c2)C(=O)O1. The standard InChI is InChI=1S/C27H29F2N7O7/c1-3-41-27(40)42-15-18-13-36(26(39)43-18)17-11-19(28)22(20(29)12-17)33-7-9-34(10-8-33)24(38)16(2)31-23(37)21-14-35-6-4-5-30-25(35)32-21/h4-6,11-12,14,16,18H,3,7-10,13,15H2,1-2H3,(H,31,37). The number of carbonyl (C=O) groups is 4. The highest BCUT2D eigenvalue weighted by Gasteiger charge is 2.35. The Labute approximate surface area is 244 Å². The van der Waals surface area contributed by atoms with Gasteiger partial charge in [0.1, 0.15) is 24.0 Å². The lowest BCUT2D eigenvalue weighted by Gasteiger charge is -2.37. The van der Waals surface area contributed by atoms with Gasteiger partial charge in [-0.2, -0.15) is 0 Å². The summed E-state index contributed by atoms with van der Waals surface area (Å²) in [4.78, 5) is 61.6. The Morgan fingerprint density at radius 3 is 2.53 bits per heavy atom. The monoisotopic (exact) mass is 601 g/mol. The van der Waals surface area contributed by atoms with Crippen molar-refractivity contribution < 1.29 is 42.2 Å². The molecular formula is C27H29F2N7O7. The second-order valence-electron chi connectivity index (χ2n) is 9.83. The minimum absolute atomic E-state index is 0.0536. The average Bonchev–Trinajstić information content (AvgIpc) is 3.59. The van der Waals surface area contributed by atoms with Gasteiger partial charge in [0.25, 0.3) is 5.91 Å². The molecule has 0 bridgehead atoms. The smallest absolute Gasteiger partial charge is 0.440 e. The molecule has 2 unspecified atom stereocenters. The Kier molecular flexibility index (Phi) is 8.54. The number of rotatable bonds is 8. The van der Waals surface area contributed by atoms with Gasteiger partial charge in [-0.05, 0) is 19.9 Å². The Morgan fingerprint density at radius 1 is 1.14 bits per heavy atom. The van der Waals surface area contributed by atoms with Crippen LogP contribution >= 0.6 is 0 Å². The van der Waals surface area contributed by atoms with E-state index in [4.69, 9.17) is 9.47 Å². The first-order valence-electron chi connectivity index (χ1n) is 13.6. The highest BCUT2D eigenvalue weighted by Crippen LogP contribution is 2.31. The van der Waals surface area contributed by atoms with Gasteiger partial charge in [-0.25, -0.2) is 28.3 Å². The normalized spacial score (nSPS) is 17.5. The zero-order valence-electron chi connectivity index (χ0n) is 23.4. The Morgan fingerprint density at radius 2 is 1.86 bits per heavy atom. The number of halogens is 2. The lowest BCUT2D eigenvalue weighted by molar-refractivity contribution is -0.133. The second-order valence-corrected chi connectivity index (χ2v) is 9.83. The molecule has 2 saturated heterocycles. The van der Waals surface area contributed by atoms with Gasteiger partial charge in [-0.1, -0.05) is 0 Å². The molecular weight excluding hydrogens is 572 g/mol. The van der Waals surface area contributed by atoms with Crippen molar-refractivity contribution in [3.63, 3.8) is 0 Å². The summed E-state index contributed by atoms with van der Waals surface area (Å²) in [7, 11) is 0. The minimum Gasteiger partial charge on any atom is -0.440 e. The van der Waals surface area contributed by atoms with Crippen LogP contribution in [-0.4, -0.2) is 101 Å². The summed E-state index contributed by atoms with van der Waals surface area (Å²) in [6.07, 6.45) is 2.16. The third kappa shape index (κ3) is 6.42. The van der Waals surface area contributed by atoms with E-state index in [0.29, 0.717) is 5.78 Å². The Hall–Kier alpha value is -5.02. The molecule has 2 aliphatic heterocycles. The number of benzene rings is 1. The number of hydrogen-bond acceptors (Lipinski definition) is 10. The molecule has 0 aliphatic carbocycles. The van der Waals surface area contributed by atoms with Gasteiger partial charge in [-0.15, -0.1) is 0 Å². The number of nitrogens with zero attached hydrogens (tertiary/aromatic N) is 6. The number of aromatic nitrogens is 3. The Bertz CT molecular complexity index is 1490. The fourth-order valence-corrected chi connectivity index (χ4v) is 4.85. The number of hydrogen-bond donors (Lipinski definition) is 1. The van der Waals surface area contributed by atoms with Crippen LogP contribution in [0.1, 0.15) is 24.3 Å². The molecule has 3 aromatic rings. The van der Waals surface area contributed by atoms with E-state index in [2.05, 4.69) is 20.0 Å². The zero-order chi connectivity index (χ0) is 30.7. The van der Waals surface area contributed by atoms with Gasteiger partial charge in [-0.3, -0.25) is 18.9 Å². The highest BCUT2D eigenvalue weighted by molar-refractivity contribution is 5.96. The quantitative estimate of drug-likeness (QED) is 0.380. The molecule has 2 atom stereocenters. The van der Waals surface area contributed by atoms with E-state index in [1.807, 2.05) is 0 Å². The fraction of sp³-hybridized carbons (Fsp3) is 0.407. The van der Waals surface area contributed by atoms with Crippen LogP contribution < -0.4 is 15.1 Å². The molecule has 14 nitrogen and oxygen atoms in total. The van der Waals surface area contributed by atoms with Crippen LogP contribution in [0.5, 0.6) is 0 Å². The molecule has 4 heterocycles. The van der Waals surface area contributed by atoms with E-state index in [9.17, 15) is 19.2 Å². The first-order chi connectivity index (χ1) is 20.6. The number of piperazine rings is 1. The largest absolute Gasteiger partial charge is 0.508 e. The van der Waals surface area contributed by atoms with Crippen molar-refractivity contribution in [3.8, 4) is 0 Å². The number of cyclic esters (lactones) is 1. The summed E-state index contributed by atoms with van der Waals surface area (Å²) in [6.45, 7) is 3.52. The predicted molar refractivity (Wildman–Crippen MR) is 146 cm³/mol. The number of ether oxygens (including phenoxy) is 3. The van der Waals surface area contributed by atoms with Crippen molar-refractivity contribution >= 4 is 41.2 Å². The number of imidazole rings is 1. The molecule has 43 heavy (non-hydrogen) atoms. The molecule has 2 fully saturated rings. The van der Waals surface area contributed by atoms with Crippen molar-refractivity contribution in [2.45, 2.75) is 26.0 Å². The molecule has 0 spiro atoms. The summed E-state index contributed by atoms with van der Waals surface area (Å²) in [5.41, 5.74) is -0.227. The highest BCUT2D eigenvalue weighted by atomic mass is 19.1. The molecule has 228 valence electrons. The molecule has 16 heteroatoms. The van der Waals surface area contributed by atoms with Gasteiger partial charge >= 0.3 is 12.2 Å². The Balaban J connectivity index is 1.16. The van der Waals surface area contributed by atoms with Crippen LogP contribution in [0.25, 0.3) is 5.78 Å². The van der Waals surface area contributed by atoms with Crippen molar-refractivity contribution in [1.29, 1.82) is 0 Å². The summed E-state index contributed by atoms with van der Waals surface area (Å²) >= 11 is 0. The first-order valence-corrected chi connectivity index (χ1v) is 13.6. The van der Waals surface area contributed by atoms with E-state index < -0.39 is 41.9 Å². The third-order valence-electron chi connectivity index (χ3n) is 6.93. The van der Waals surface area contributed by atoms with Gasteiger partial charge in [0, 0.05) is 56.9 Å². The van der Waals surface area contributed by atoms with Gasteiger partial charge in [0.05, 0.1) is 18.8 Å². The van der Waals surface area contributed by atoms with E-state index in [1.165, 1.54) is 16.0 Å². The molecule has 1 aromatic carbocycles. The van der Waals surface area contributed by atoms with Gasteiger partial charge in [0.15, 0.2) is 17.7 Å². The van der Waals surface area contributed by atoms with Crippen molar-refractivity contribution in [3.05, 3.63) is 54.1 Å². The summed E-state index contributed by atoms with van der Waals surface area (Å²) in [5, 5.41) is 2.63. The van der Waals surface area contributed by atoms with Crippen molar-refractivity contribution in [2.24, 2.45) is 0 Å². The second kappa shape index (κ2) is 12.5. The van der Waals surface area contributed by atoms with E-state index in [1.54, 1.807) is 36.7 Å². The fourth-order valence-electron chi connectivity index (χ4n) is 4.85. The van der Waals surface area contributed by atoms with Crippen LogP contribution in [0, 0.1) is 11.6 Å². The van der Waals surface area contributed by atoms with Crippen LogP contribution in [0.2, 0.25) is 0 Å². The van der Waals surface area contributed by atoms with Crippen molar-refractivity contribution in [1.82, 2.24) is 24.6 Å². The molecule has 2 aliphatic rings. The van der Waals surface area contributed by atoms with E-state index in [-0.39, 0.29) is 68.9 Å². The number of amides is 3. The predicted octanol–water partition coefficient (Wildman–Crippen LogP) is 1.97. The average molecular weight is 602 g/mol. The number of fused-ring (bicyclic) bond motifs is 1. The van der Waals surface area contributed by atoms with Gasteiger partial charge in [0.2, 0.25) is 11.7 Å². The van der Waals surface area contributed by atoms with E-state index >= 15 is 8.78 Å². The summed E-state index contributed by atoms with van der Waals surface area (Å²) < 4.78 is 46.6. The minimum atomic E-state index is -0.916. The lowest BCUT2D eigenvalue weighted by Crippen LogP contribution is -2.54. The molecule has 5 rings (SSSR count). The van der Waals surface area contributed by atoms with Gasteiger partial charge < -0.3 is 29.3 Å². The first kappa shape index (κ1) is 29.5. The zero-order valence-corrected chi connectivity index (χ0v) is 23.4. The lowest BCUT2D eigenvalue weighted by atomic mass is 10.1. The van der Waals surface area contributed by atoms with Crippen LogP contribution in [0.15, 0.2) is 36.8 Å². The molecule has 2 aromatic heterocycles. The summed E-state index contributed by atoms with van der Waals surface area (Å²) in [5.74, 6) is -2.32. The topological polar surface area (TPSA) is 148 Å². The molecule has 3 amide bonds. The van der Waals surface area contributed by atoms with Crippen LogP contribution in [0.4, 0.5) is 29.7 Å². The molecule has 0 radical (unpaired) electrons. The number of carbonyl (C=O) groups excluding carboxylic acids is 4. The maximum Gasteiger partial charge on any atom is 0.508 e.